The van der Waals surface area contributed by atoms with Gasteiger partial charge < -0.3 is 5.32 Å². The lowest BCUT2D eigenvalue weighted by molar-refractivity contribution is 0.169. The van der Waals surface area contributed by atoms with E-state index in [1.54, 1.807) is 12.3 Å². The summed E-state index contributed by atoms with van der Waals surface area (Å²) < 4.78 is 13.2. The molecule has 0 amide bonds. The van der Waals surface area contributed by atoms with E-state index in [0.717, 1.165) is 23.9 Å². The highest BCUT2D eigenvalue weighted by molar-refractivity contribution is 5.15. The first-order valence-electron chi connectivity index (χ1n) is 8.24. The summed E-state index contributed by atoms with van der Waals surface area (Å²) in [6.45, 7) is 9.97. The van der Waals surface area contributed by atoms with E-state index >= 15 is 0 Å². The third kappa shape index (κ3) is 4.50. The van der Waals surface area contributed by atoms with Gasteiger partial charge in [-0.25, -0.2) is 4.39 Å². The van der Waals surface area contributed by atoms with Gasteiger partial charge in [0.25, 0.3) is 0 Å². The van der Waals surface area contributed by atoms with Crippen LogP contribution < -0.4 is 5.32 Å². The van der Waals surface area contributed by atoms with E-state index in [4.69, 9.17) is 0 Å². The van der Waals surface area contributed by atoms with Crippen LogP contribution in [0.15, 0.2) is 18.5 Å². The highest BCUT2D eigenvalue weighted by atomic mass is 19.1. The SMILES string of the molecule is CC1CCC(C(C)(C)NC[C@H](C)c2cncc(F)c2)CC1. The molecule has 2 rings (SSSR count). The first kappa shape index (κ1) is 16.4. The van der Waals surface area contributed by atoms with Crippen molar-refractivity contribution in [1.82, 2.24) is 10.3 Å². The van der Waals surface area contributed by atoms with Crippen molar-refractivity contribution in [2.45, 2.75) is 64.8 Å². The van der Waals surface area contributed by atoms with Crippen LogP contribution in [0.1, 0.15) is 64.9 Å². The third-order valence-corrected chi connectivity index (χ3v) is 5.20. The van der Waals surface area contributed by atoms with Gasteiger partial charge in [-0.3, -0.25) is 4.98 Å². The van der Waals surface area contributed by atoms with Crippen LogP contribution in [0.2, 0.25) is 0 Å². The minimum absolute atomic E-state index is 0.148. The number of aromatic nitrogens is 1. The molecule has 1 aliphatic carbocycles. The van der Waals surface area contributed by atoms with Crippen LogP contribution in [0.4, 0.5) is 4.39 Å². The average Bonchev–Trinajstić information content (AvgIpc) is 2.45. The zero-order valence-corrected chi connectivity index (χ0v) is 13.8. The van der Waals surface area contributed by atoms with Crippen molar-refractivity contribution >= 4 is 0 Å². The van der Waals surface area contributed by atoms with Gasteiger partial charge in [-0.15, -0.1) is 0 Å². The van der Waals surface area contributed by atoms with E-state index in [-0.39, 0.29) is 17.3 Å². The molecule has 0 spiro atoms. The van der Waals surface area contributed by atoms with Crippen molar-refractivity contribution in [2.24, 2.45) is 11.8 Å². The summed E-state index contributed by atoms with van der Waals surface area (Å²) in [6, 6.07) is 1.59. The van der Waals surface area contributed by atoms with Gasteiger partial charge in [0.05, 0.1) is 6.20 Å². The summed E-state index contributed by atoms with van der Waals surface area (Å²) in [5, 5.41) is 3.71. The number of rotatable bonds is 5. The Morgan fingerprint density at radius 1 is 1.29 bits per heavy atom. The molecule has 1 aromatic rings. The number of hydrogen-bond acceptors (Lipinski definition) is 2. The van der Waals surface area contributed by atoms with Crippen molar-refractivity contribution in [3.8, 4) is 0 Å². The maximum absolute atomic E-state index is 13.2. The number of hydrogen-bond donors (Lipinski definition) is 1. The molecule has 118 valence electrons. The normalized spacial score (nSPS) is 24.8. The lowest BCUT2D eigenvalue weighted by Crippen LogP contribution is -2.48. The average molecular weight is 292 g/mol. The molecule has 1 aromatic heterocycles. The molecule has 0 radical (unpaired) electrons. The van der Waals surface area contributed by atoms with Crippen LogP contribution in [0.5, 0.6) is 0 Å². The summed E-state index contributed by atoms with van der Waals surface area (Å²) in [5.74, 6) is 1.65. The molecule has 0 aromatic carbocycles. The fraction of sp³-hybridized carbons (Fsp3) is 0.722. The summed E-state index contributed by atoms with van der Waals surface area (Å²) in [7, 11) is 0. The van der Waals surface area contributed by atoms with Gasteiger partial charge in [-0.05, 0) is 56.1 Å². The molecule has 0 aliphatic heterocycles. The molecule has 2 nitrogen and oxygen atoms in total. The quantitative estimate of drug-likeness (QED) is 0.863. The third-order valence-electron chi connectivity index (χ3n) is 5.20. The zero-order valence-electron chi connectivity index (χ0n) is 13.8. The van der Waals surface area contributed by atoms with Crippen LogP contribution in [0, 0.1) is 17.7 Å². The van der Waals surface area contributed by atoms with Gasteiger partial charge in [0.2, 0.25) is 0 Å². The molecule has 1 heterocycles. The van der Waals surface area contributed by atoms with E-state index in [2.05, 4.69) is 38.0 Å². The summed E-state index contributed by atoms with van der Waals surface area (Å²) in [6.07, 6.45) is 8.36. The summed E-state index contributed by atoms with van der Waals surface area (Å²) in [5.41, 5.74) is 1.12. The molecule has 0 bridgehead atoms. The van der Waals surface area contributed by atoms with Gasteiger partial charge >= 0.3 is 0 Å². The fourth-order valence-corrected chi connectivity index (χ4v) is 3.36. The van der Waals surface area contributed by atoms with Gasteiger partial charge in [0.15, 0.2) is 0 Å². The topological polar surface area (TPSA) is 24.9 Å². The minimum Gasteiger partial charge on any atom is -0.311 e. The Bertz CT molecular complexity index is 450. The predicted molar refractivity (Wildman–Crippen MR) is 85.8 cm³/mol. The van der Waals surface area contributed by atoms with Crippen LogP contribution in [0.3, 0.4) is 0 Å². The second-order valence-electron chi connectivity index (χ2n) is 7.40. The standard InChI is InChI=1S/C18H29FN2/c1-13-5-7-16(8-6-13)18(3,4)21-10-14(2)15-9-17(19)12-20-11-15/h9,11-14,16,21H,5-8,10H2,1-4H3/t13?,14-,16?/m0/s1. The Balaban J connectivity index is 1.89. The number of halogens is 1. The maximum atomic E-state index is 13.2. The Hall–Kier alpha value is -0.960. The first-order chi connectivity index (χ1) is 9.88. The molecule has 0 saturated heterocycles. The lowest BCUT2D eigenvalue weighted by Gasteiger charge is -2.40. The van der Waals surface area contributed by atoms with Crippen LogP contribution in [0.25, 0.3) is 0 Å². The molecule has 1 saturated carbocycles. The number of pyridine rings is 1. The minimum atomic E-state index is -0.250. The summed E-state index contributed by atoms with van der Waals surface area (Å²) in [4.78, 5) is 3.95. The van der Waals surface area contributed by atoms with Crippen molar-refractivity contribution in [3.63, 3.8) is 0 Å². The monoisotopic (exact) mass is 292 g/mol. The Labute approximate surface area is 128 Å². The molecule has 1 fully saturated rings. The second-order valence-corrected chi connectivity index (χ2v) is 7.40. The number of nitrogens with zero attached hydrogens (tertiary/aromatic N) is 1. The van der Waals surface area contributed by atoms with Crippen molar-refractivity contribution in [2.75, 3.05) is 6.54 Å². The Morgan fingerprint density at radius 3 is 2.57 bits per heavy atom. The van der Waals surface area contributed by atoms with Crippen LogP contribution in [-0.4, -0.2) is 17.1 Å². The zero-order chi connectivity index (χ0) is 15.5. The molecule has 1 N–H and O–H groups in total. The van der Waals surface area contributed by atoms with Crippen molar-refractivity contribution < 1.29 is 4.39 Å². The maximum Gasteiger partial charge on any atom is 0.141 e. The van der Waals surface area contributed by atoms with E-state index in [0.29, 0.717) is 0 Å². The second kappa shape index (κ2) is 6.87. The molecule has 3 heteroatoms. The Morgan fingerprint density at radius 2 is 1.95 bits per heavy atom. The molecular formula is C18H29FN2. The van der Waals surface area contributed by atoms with Gasteiger partial charge in [0, 0.05) is 18.3 Å². The van der Waals surface area contributed by atoms with Crippen LogP contribution >= 0.6 is 0 Å². The molecule has 1 aliphatic rings. The highest BCUT2D eigenvalue weighted by Gasteiger charge is 2.32. The number of nitrogens with one attached hydrogen (secondary N) is 1. The lowest BCUT2D eigenvalue weighted by atomic mass is 9.73. The largest absolute Gasteiger partial charge is 0.311 e. The Kier molecular flexibility index (Phi) is 5.37. The highest BCUT2D eigenvalue weighted by Crippen LogP contribution is 2.35. The first-order valence-corrected chi connectivity index (χ1v) is 8.24. The molecule has 1 atom stereocenters. The van der Waals surface area contributed by atoms with E-state index in [1.165, 1.54) is 31.9 Å². The van der Waals surface area contributed by atoms with E-state index in [9.17, 15) is 4.39 Å². The van der Waals surface area contributed by atoms with Crippen LogP contribution in [-0.2, 0) is 0 Å². The molecular weight excluding hydrogens is 263 g/mol. The van der Waals surface area contributed by atoms with Gasteiger partial charge in [-0.1, -0.05) is 26.7 Å². The van der Waals surface area contributed by atoms with E-state index < -0.39 is 0 Å². The molecule has 0 unspecified atom stereocenters. The smallest absolute Gasteiger partial charge is 0.141 e. The predicted octanol–water partition coefficient (Wildman–Crippen LogP) is 4.52. The van der Waals surface area contributed by atoms with Crippen molar-refractivity contribution in [1.29, 1.82) is 0 Å². The van der Waals surface area contributed by atoms with Gasteiger partial charge in [0.1, 0.15) is 5.82 Å². The van der Waals surface area contributed by atoms with Crippen molar-refractivity contribution in [3.05, 3.63) is 29.8 Å². The fourth-order valence-electron chi connectivity index (χ4n) is 3.36. The van der Waals surface area contributed by atoms with Gasteiger partial charge in [-0.2, -0.15) is 0 Å². The van der Waals surface area contributed by atoms with E-state index in [1.807, 2.05) is 0 Å². The molecule has 21 heavy (non-hydrogen) atoms. The summed E-state index contributed by atoms with van der Waals surface area (Å²) >= 11 is 0.